The van der Waals surface area contributed by atoms with Gasteiger partial charge in [0.05, 0.1) is 11.5 Å². The van der Waals surface area contributed by atoms with Crippen molar-refractivity contribution in [2.45, 2.75) is 44.8 Å². The first-order valence-electron chi connectivity index (χ1n) is 7.97. The molecule has 0 aromatic heterocycles. The summed E-state index contributed by atoms with van der Waals surface area (Å²) in [6.45, 7) is 1.58. The van der Waals surface area contributed by atoms with Gasteiger partial charge >= 0.3 is 6.18 Å². The number of carbonyl (C=O) groups is 3. The van der Waals surface area contributed by atoms with Gasteiger partial charge in [0, 0.05) is 19.6 Å². The van der Waals surface area contributed by atoms with Crippen molar-refractivity contribution in [3.63, 3.8) is 0 Å². The molecule has 1 aliphatic rings. The average molecular weight is 383 g/mol. The van der Waals surface area contributed by atoms with Gasteiger partial charge in [-0.1, -0.05) is 12.8 Å². The van der Waals surface area contributed by atoms with Crippen molar-refractivity contribution < 1.29 is 27.6 Å². The summed E-state index contributed by atoms with van der Waals surface area (Å²) in [5.74, 6) is -1.83. The third-order valence-electron chi connectivity index (χ3n) is 4.19. The van der Waals surface area contributed by atoms with E-state index in [1.165, 1.54) is 7.05 Å². The lowest BCUT2D eigenvalue weighted by molar-refractivity contribution is -0.225. The summed E-state index contributed by atoms with van der Waals surface area (Å²) in [5.41, 5.74) is 2.66. The molecule has 144 valence electrons. The number of hydrogen-bond acceptors (Lipinski definition) is 4. The number of nitrogens with zero attached hydrogens (tertiary/aromatic N) is 1. The Kier molecular flexibility index (Phi) is 7.58. The Bertz CT molecular complexity index is 508. The number of alkyl halides is 3. The van der Waals surface area contributed by atoms with Gasteiger partial charge in [-0.15, -0.1) is 11.8 Å². The molecule has 0 aromatic carbocycles. The zero-order valence-corrected chi connectivity index (χ0v) is 15.1. The Balaban J connectivity index is 2.56. The second-order valence-corrected chi connectivity index (χ2v) is 7.39. The normalized spacial score (nSPS) is 17.8. The maximum absolute atomic E-state index is 13.4. The van der Waals surface area contributed by atoms with E-state index in [9.17, 15) is 27.6 Å². The Morgan fingerprint density at radius 3 is 2.28 bits per heavy atom. The van der Waals surface area contributed by atoms with Crippen LogP contribution in [0.15, 0.2) is 0 Å². The fraction of sp³-hybridized carbons (Fsp3) is 0.800. The van der Waals surface area contributed by atoms with Gasteiger partial charge in [-0.2, -0.15) is 13.2 Å². The van der Waals surface area contributed by atoms with Crippen LogP contribution in [0.4, 0.5) is 13.2 Å². The fourth-order valence-electron chi connectivity index (χ4n) is 3.06. The van der Waals surface area contributed by atoms with Crippen molar-refractivity contribution in [3.8, 4) is 0 Å². The molecule has 0 saturated heterocycles. The third kappa shape index (κ3) is 5.79. The first-order chi connectivity index (χ1) is 11.5. The van der Waals surface area contributed by atoms with Gasteiger partial charge in [-0.05, 0) is 19.8 Å². The number of amides is 3. The van der Waals surface area contributed by atoms with Crippen LogP contribution in [0, 0.1) is 5.41 Å². The number of primary amides is 1. The lowest BCUT2D eigenvalue weighted by Crippen LogP contribution is -2.52. The summed E-state index contributed by atoms with van der Waals surface area (Å²) >= 11 is 1.04. The van der Waals surface area contributed by atoms with E-state index in [1.807, 2.05) is 0 Å². The minimum Gasteiger partial charge on any atom is -0.369 e. The molecule has 0 radical (unpaired) electrons. The van der Waals surface area contributed by atoms with Gasteiger partial charge in [-0.3, -0.25) is 14.4 Å². The first kappa shape index (κ1) is 21.6. The third-order valence-corrected chi connectivity index (χ3v) is 5.14. The zero-order chi connectivity index (χ0) is 19.3. The second kappa shape index (κ2) is 8.77. The number of rotatable bonds is 8. The van der Waals surface area contributed by atoms with Gasteiger partial charge in [0.25, 0.3) is 0 Å². The topological polar surface area (TPSA) is 92.5 Å². The molecule has 10 heteroatoms. The zero-order valence-electron chi connectivity index (χ0n) is 14.3. The summed E-state index contributed by atoms with van der Waals surface area (Å²) in [6.07, 6.45) is -4.20. The van der Waals surface area contributed by atoms with Crippen LogP contribution < -0.4 is 11.1 Å². The van der Waals surface area contributed by atoms with Gasteiger partial charge < -0.3 is 16.0 Å². The molecule has 0 spiro atoms. The fourth-order valence-corrected chi connectivity index (χ4v) is 3.63. The SMILES string of the molecule is CC(CN(C)C(=O)C1(C(F)(F)F)CCCC1)NC(=O)CSCC(N)=O. The number of nitrogens with two attached hydrogens (primary N) is 1. The van der Waals surface area contributed by atoms with Crippen LogP contribution in [0.5, 0.6) is 0 Å². The van der Waals surface area contributed by atoms with E-state index in [0.29, 0.717) is 12.8 Å². The summed E-state index contributed by atoms with van der Waals surface area (Å²) in [4.78, 5) is 35.8. The smallest absolute Gasteiger partial charge is 0.369 e. The van der Waals surface area contributed by atoms with Crippen molar-refractivity contribution in [1.29, 1.82) is 0 Å². The molecule has 0 aliphatic heterocycles. The Morgan fingerprint density at radius 2 is 1.80 bits per heavy atom. The predicted octanol–water partition coefficient (Wildman–Crippen LogP) is 1.29. The molecule has 1 fully saturated rings. The van der Waals surface area contributed by atoms with Crippen LogP contribution in [0.3, 0.4) is 0 Å². The number of hydrogen-bond donors (Lipinski definition) is 2. The average Bonchev–Trinajstić information content (AvgIpc) is 2.96. The molecule has 0 heterocycles. The minimum absolute atomic E-state index is 0.00823. The summed E-state index contributed by atoms with van der Waals surface area (Å²) in [7, 11) is 1.32. The van der Waals surface area contributed by atoms with Crippen molar-refractivity contribution in [2.24, 2.45) is 11.1 Å². The van der Waals surface area contributed by atoms with E-state index in [1.54, 1.807) is 6.92 Å². The molecular formula is C15H24F3N3O3S. The predicted molar refractivity (Wildman–Crippen MR) is 88.7 cm³/mol. The van der Waals surface area contributed by atoms with Gasteiger partial charge in [0.1, 0.15) is 5.41 Å². The standard InChI is InChI=1S/C15H24F3N3O3S/c1-10(20-12(23)9-25-8-11(19)22)7-21(2)13(24)14(15(16,17)18)5-3-4-6-14/h10H,3-9H2,1-2H3,(H2,19,22)(H,20,23). The largest absolute Gasteiger partial charge is 0.403 e. The Morgan fingerprint density at radius 1 is 1.24 bits per heavy atom. The maximum Gasteiger partial charge on any atom is 0.403 e. The molecule has 1 atom stereocenters. The molecule has 1 unspecified atom stereocenters. The molecular weight excluding hydrogens is 359 g/mol. The maximum atomic E-state index is 13.4. The van der Waals surface area contributed by atoms with E-state index >= 15 is 0 Å². The molecule has 6 nitrogen and oxygen atoms in total. The number of thioether (sulfide) groups is 1. The quantitative estimate of drug-likeness (QED) is 0.661. The van der Waals surface area contributed by atoms with Crippen molar-refractivity contribution in [2.75, 3.05) is 25.1 Å². The molecule has 1 saturated carbocycles. The van der Waals surface area contributed by atoms with Crippen LogP contribution in [0.25, 0.3) is 0 Å². The molecule has 3 N–H and O–H groups in total. The highest BCUT2D eigenvalue weighted by Gasteiger charge is 2.61. The summed E-state index contributed by atoms with van der Waals surface area (Å²) < 4.78 is 40.3. The first-order valence-corrected chi connectivity index (χ1v) is 9.13. The van der Waals surface area contributed by atoms with Crippen LogP contribution >= 0.6 is 11.8 Å². The van der Waals surface area contributed by atoms with Crippen molar-refractivity contribution in [1.82, 2.24) is 10.2 Å². The van der Waals surface area contributed by atoms with Crippen LogP contribution in [-0.2, 0) is 14.4 Å². The van der Waals surface area contributed by atoms with Crippen molar-refractivity contribution in [3.05, 3.63) is 0 Å². The molecule has 0 bridgehead atoms. The number of carbonyl (C=O) groups excluding carboxylic acids is 3. The number of nitrogens with one attached hydrogen (secondary N) is 1. The van der Waals surface area contributed by atoms with E-state index < -0.39 is 29.4 Å². The molecule has 1 aliphatic carbocycles. The molecule has 25 heavy (non-hydrogen) atoms. The lowest BCUT2D eigenvalue weighted by atomic mass is 9.83. The lowest BCUT2D eigenvalue weighted by Gasteiger charge is -2.35. The number of halogens is 3. The molecule has 3 amide bonds. The van der Waals surface area contributed by atoms with E-state index in [0.717, 1.165) is 16.7 Å². The number of likely N-dealkylation sites (N-methyl/N-ethyl adjacent to an activating group) is 1. The van der Waals surface area contributed by atoms with Gasteiger partial charge in [-0.25, -0.2) is 0 Å². The van der Waals surface area contributed by atoms with E-state index in [2.05, 4.69) is 5.32 Å². The molecule has 0 aromatic rings. The van der Waals surface area contributed by atoms with E-state index in [-0.39, 0.29) is 36.8 Å². The highest BCUT2D eigenvalue weighted by Crippen LogP contribution is 2.51. The Hall–Kier alpha value is -1.45. The van der Waals surface area contributed by atoms with Crippen LogP contribution in [0.1, 0.15) is 32.6 Å². The highest BCUT2D eigenvalue weighted by molar-refractivity contribution is 8.00. The Labute approximate surface area is 149 Å². The van der Waals surface area contributed by atoms with Gasteiger partial charge in [0.2, 0.25) is 17.7 Å². The monoisotopic (exact) mass is 383 g/mol. The second-order valence-electron chi connectivity index (χ2n) is 6.40. The highest BCUT2D eigenvalue weighted by atomic mass is 32.2. The van der Waals surface area contributed by atoms with Crippen molar-refractivity contribution >= 4 is 29.5 Å². The van der Waals surface area contributed by atoms with Crippen LogP contribution in [0.2, 0.25) is 0 Å². The van der Waals surface area contributed by atoms with Gasteiger partial charge in [0.15, 0.2) is 0 Å². The summed E-state index contributed by atoms with van der Waals surface area (Å²) in [6, 6.07) is -0.512. The minimum atomic E-state index is -4.58. The summed E-state index contributed by atoms with van der Waals surface area (Å²) in [5, 5.41) is 2.59. The van der Waals surface area contributed by atoms with E-state index in [4.69, 9.17) is 5.73 Å². The molecule has 1 rings (SSSR count). The van der Waals surface area contributed by atoms with Crippen LogP contribution in [-0.4, -0.2) is 59.9 Å².